The quantitative estimate of drug-likeness (QED) is 0.0942. The van der Waals surface area contributed by atoms with Crippen molar-refractivity contribution in [1.82, 2.24) is 4.90 Å². The third-order valence-corrected chi connectivity index (χ3v) is 7.35. The summed E-state index contributed by atoms with van der Waals surface area (Å²) < 4.78 is 24.8. The Bertz CT molecular complexity index is 1280. The maximum Gasteiger partial charge on any atom is 0.410 e. The lowest BCUT2D eigenvalue weighted by molar-refractivity contribution is -0.0942. The van der Waals surface area contributed by atoms with E-state index >= 15 is 0 Å². The number of hydrogen-bond acceptors (Lipinski definition) is 7. The molecule has 0 aromatic heterocycles. The van der Waals surface area contributed by atoms with E-state index in [2.05, 4.69) is 10.0 Å². The standard InChI is InChI=1S/C33H40N4O6/c1-2-3-19-41-33(39)37-28(24-40-21-25-13-7-4-8-14-25)31(42-22-26-15-9-5-10-16-26)32(30(37)29(38)20-35-36-34)43-23-27-17-11-6-12-18-27/h4-18,28-32,38H,2-3,19-24H2,1H3/t28-,29-,30-,31-,32-/m1/s1. The van der Waals surface area contributed by atoms with Crippen molar-refractivity contribution in [3.63, 3.8) is 0 Å². The van der Waals surface area contributed by atoms with E-state index in [-0.39, 0.29) is 33.0 Å². The molecular weight excluding hydrogens is 548 g/mol. The van der Waals surface area contributed by atoms with Gasteiger partial charge in [-0.05, 0) is 28.6 Å². The molecule has 0 radical (unpaired) electrons. The predicted molar refractivity (Wildman–Crippen MR) is 162 cm³/mol. The zero-order chi connectivity index (χ0) is 30.3. The van der Waals surface area contributed by atoms with Crippen LogP contribution < -0.4 is 0 Å². The summed E-state index contributed by atoms with van der Waals surface area (Å²) in [5, 5.41) is 15.0. The van der Waals surface area contributed by atoms with Crippen LogP contribution in [0.5, 0.6) is 0 Å². The molecule has 5 atom stereocenters. The molecule has 1 saturated heterocycles. The molecule has 1 aliphatic heterocycles. The Kier molecular flexibility index (Phi) is 12.8. The van der Waals surface area contributed by atoms with Gasteiger partial charge in [0.05, 0.1) is 57.8 Å². The molecule has 1 amide bonds. The van der Waals surface area contributed by atoms with Gasteiger partial charge in [0.1, 0.15) is 12.2 Å². The van der Waals surface area contributed by atoms with Crippen LogP contribution in [0.4, 0.5) is 4.79 Å². The van der Waals surface area contributed by atoms with Crippen LogP contribution in [0.1, 0.15) is 36.5 Å². The minimum Gasteiger partial charge on any atom is -0.449 e. The second-order valence-corrected chi connectivity index (χ2v) is 10.4. The number of carbonyl (C=O) groups excluding carboxylic acids is 1. The van der Waals surface area contributed by atoms with Crippen LogP contribution in [0.2, 0.25) is 0 Å². The first kappa shape index (κ1) is 32.0. The lowest BCUT2D eigenvalue weighted by Gasteiger charge is -2.32. The molecule has 0 aliphatic carbocycles. The molecule has 4 rings (SSSR count). The number of benzene rings is 3. The highest BCUT2D eigenvalue weighted by molar-refractivity contribution is 5.69. The Hall–Kier alpha value is -3.92. The smallest absolute Gasteiger partial charge is 0.410 e. The molecule has 1 fully saturated rings. The third kappa shape index (κ3) is 9.28. The Morgan fingerprint density at radius 1 is 0.884 bits per heavy atom. The third-order valence-electron chi connectivity index (χ3n) is 7.35. The molecule has 10 nitrogen and oxygen atoms in total. The Morgan fingerprint density at radius 2 is 1.42 bits per heavy atom. The van der Waals surface area contributed by atoms with Crippen LogP contribution >= 0.6 is 0 Å². The highest BCUT2D eigenvalue weighted by Crippen LogP contribution is 2.35. The fourth-order valence-corrected chi connectivity index (χ4v) is 5.20. The minimum absolute atomic E-state index is 0.104. The first-order chi connectivity index (χ1) is 21.1. The summed E-state index contributed by atoms with van der Waals surface area (Å²) in [6, 6.07) is 27.5. The van der Waals surface area contributed by atoms with E-state index in [1.165, 1.54) is 4.90 Å². The molecule has 10 heteroatoms. The Labute approximate surface area is 252 Å². The van der Waals surface area contributed by atoms with E-state index in [1.54, 1.807) is 0 Å². The van der Waals surface area contributed by atoms with Gasteiger partial charge in [-0.1, -0.05) is 109 Å². The predicted octanol–water partition coefficient (Wildman–Crippen LogP) is 6.03. The van der Waals surface area contributed by atoms with Gasteiger partial charge in [-0.3, -0.25) is 4.90 Å². The zero-order valence-corrected chi connectivity index (χ0v) is 24.5. The van der Waals surface area contributed by atoms with Crippen LogP contribution in [0.25, 0.3) is 10.4 Å². The molecule has 1 heterocycles. The van der Waals surface area contributed by atoms with E-state index in [4.69, 9.17) is 24.5 Å². The number of likely N-dealkylation sites (tertiary alicyclic amines) is 1. The number of amides is 1. The number of unbranched alkanes of at least 4 members (excludes halogenated alkanes) is 1. The summed E-state index contributed by atoms with van der Waals surface area (Å²) >= 11 is 0. The van der Waals surface area contributed by atoms with Crippen molar-refractivity contribution in [2.24, 2.45) is 5.11 Å². The van der Waals surface area contributed by atoms with Gasteiger partial charge in [-0.25, -0.2) is 4.79 Å². The van der Waals surface area contributed by atoms with Crippen LogP contribution in [0.15, 0.2) is 96.1 Å². The molecule has 0 unspecified atom stereocenters. The monoisotopic (exact) mass is 588 g/mol. The molecule has 0 bridgehead atoms. The van der Waals surface area contributed by atoms with Crippen molar-refractivity contribution < 1.29 is 28.8 Å². The van der Waals surface area contributed by atoms with Gasteiger partial charge in [0, 0.05) is 4.91 Å². The van der Waals surface area contributed by atoms with Gasteiger partial charge in [-0.15, -0.1) is 0 Å². The van der Waals surface area contributed by atoms with Gasteiger partial charge >= 0.3 is 6.09 Å². The van der Waals surface area contributed by atoms with Crippen molar-refractivity contribution in [1.29, 1.82) is 0 Å². The summed E-state index contributed by atoms with van der Waals surface area (Å²) in [6.45, 7) is 2.89. The van der Waals surface area contributed by atoms with Gasteiger partial charge in [0.2, 0.25) is 0 Å². The Balaban J connectivity index is 1.68. The lowest BCUT2D eigenvalue weighted by Crippen LogP contribution is -2.52. The first-order valence-electron chi connectivity index (χ1n) is 14.7. The number of hydrogen-bond donors (Lipinski definition) is 1. The fourth-order valence-electron chi connectivity index (χ4n) is 5.20. The average Bonchev–Trinajstić information content (AvgIpc) is 3.36. The number of carbonyl (C=O) groups is 1. The SMILES string of the molecule is CCCCOC(=O)N1[C@H]([C@H](O)CN=[N+]=[N-])[C@@H](OCc2ccccc2)[C@H](OCc2ccccc2)[C@H]1COCc1ccccc1. The summed E-state index contributed by atoms with van der Waals surface area (Å²) in [6.07, 6.45) is -1.77. The largest absolute Gasteiger partial charge is 0.449 e. The molecule has 3 aromatic carbocycles. The van der Waals surface area contributed by atoms with E-state index in [0.717, 1.165) is 23.1 Å². The molecule has 1 aliphatic rings. The summed E-state index contributed by atoms with van der Waals surface area (Å²) in [7, 11) is 0. The number of azide groups is 1. The second-order valence-electron chi connectivity index (χ2n) is 10.4. The number of rotatable bonds is 16. The maximum absolute atomic E-state index is 13.7. The molecule has 43 heavy (non-hydrogen) atoms. The fraction of sp³-hybridized carbons (Fsp3) is 0.424. The van der Waals surface area contributed by atoms with E-state index in [9.17, 15) is 9.90 Å². The molecular formula is C33H40N4O6. The van der Waals surface area contributed by atoms with Crippen molar-refractivity contribution in [3.05, 3.63) is 118 Å². The maximum atomic E-state index is 13.7. The van der Waals surface area contributed by atoms with Gasteiger partial charge in [-0.2, -0.15) is 0 Å². The molecule has 0 spiro atoms. The van der Waals surface area contributed by atoms with Crippen LogP contribution in [-0.2, 0) is 38.8 Å². The molecule has 1 N–H and O–H groups in total. The molecule has 3 aromatic rings. The van der Waals surface area contributed by atoms with Crippen LogP contribution in [0, 0.1) is 0 Å². The number of nitrogens with zero attached hydrogens (tertiary/aromatic N) is 4. The highest BCUT2D eigenvalue weighted by atomic mass is 16.6. The van der Waals surface area contributed by atoms with Crippen LogP contribution in [-0.4, -0.2) is 66.3 Å². The van der Waals surface area contributed by atoms with Crippen molar-refractivity contribution in [3.8, 4) is 0 Å². The van der Waals surface area contributed by atoms with Gasteiger partial charge < -0.3 is 24.1 Å². The average molecular weight is 589 g/mol. The van der Waals surface area contributed by atoms with Gasteiger partial charge in [0.25, 0.3) is 0 Å². The highest BCUT2D eigenvalue weighted by Gasteiger charge is 2.55. The Morgan fingerprint density at radius 3 is 1.95 bits per heavy atom. The first-order valence-corrected chi connectivity index (χ1v) is 14.7. The summed E-state index contributed by atoms with van der Waals surface area (Å²) in [5.74, 6) is 0. The molecule has 0 saturated carbocycles. The van der Waals surface area contributed by atoms with Crippen molar-refractivity contribution in [2.75, 3.05) is 19.8 Å². The van der Waals surface area contributed by atoms with Crippen molar-refractivity contribution >= 4 is 6.09 Å². The number of ether oxygens (including phenoxy) is 4. The minimum atomic E-state index is -1.24. The van der Waals surface area contributed by atoms with Crippen molar-refractivity contribution in [2.45, 2.75) is 70.0 Å². The second kappa shape index (κ2) is 17.3. The topological polar surface area (TPSA) is 126 Å². The van der Waals surface area contributed by atoms with Gasteiger partial charge in [0.15, 0.2) is 0 Å². The van der Waals surface area contributed by atoms with E-state index in [0.29, 0.717) is 13.0 Å². The number of aliphatic hydroxyl groups excluding tert-OH is 1. The normalized spacial score (nSPS) is 20.4. The van der Waals surface area contributed by atoms with Crippen LogP contribution in [0.3, 0.4) is 0 Å². The van der Waals surface area contributed by atoms with E-state index in [1.807, 2.05) is 97.9 Å². The summed E-state index contributed by atoms with van der Waals surface area (Å²) in [4.78, 5) is 18.0. The summed E-state index contributed by atoms with van der Waals surface area (Å²) in [5.41, 5.74) is 11.9. The zero-order valence-electron chi connectivity index (χ0n) is 24.5. The molecule has 228 valence electrons. The van der Waals surface area contributed by atoms with E-state index < -0.39 is 36.5 Å². The lowest BCUT2D eigenvalue weighted by atomic mass is 10.0. The number of aliphatic hydroxyl groups is 1.